The summed E-state index contributed by atoms with van der Waals surface area (Å²) in [5.41, 5.74) is 2.22. The van der Waals surface area contributed by atoms with Crippen molar-refractivity contribution in [1.82, 2.24) is 4.90 Å². The van der Waals surface area contributed by atoms with E-state index in [1.54, 1.807) is 6.92 Å². The van der Waals surface area contributed by atoms with Gasteiger partial charge in [-0.25, -0.2) is 0 Å². The number of rotatable bonds is 4. The molecule has 1 N–H and O–H groups in total. The third-order valence-corrected chi connectivity index (χ3v) is 4.13. The molecule has 2 amide bonds. The summed E-state index contributed by atoms with van der Waals surface area (Å²) >= 11 is 3.41. The highest BCUT2D eigenvalue weighted by atomic mass is 79.9. The first kappa shape index (κ1) is 15.5. The van der Waals surface area contributed by atoms with E-state index in [-0.39, 0.29) is 11.8 Å². The van der Waals surface area contributed by atoms with Crippen molar-refractivity contribution in [3.63, 3.8) is 0 Å². The smallest absolute Gasteiger partial charge is 0.278 e. The number of carbonyl (C=O) groups excluding carboxylic acids is 2. The first-order valence-electron chi connectivity index (χ1n) is 7.30. The predicted octanol–water partition coefficient (Wildman–Crippen LogP) is 3.66. The topological polar surface area (TPSA) is 49.4 Å². The van der Waals surface area contributed by atoms with Gasteiger partial charge in [0, 0.05) is 16.7 Å². The van der Waals surface area contributed by atoms with Crippen LogP contribution in [0.1, 0.15) is 12.5 Å². The van der Waals surface area contributed by atoms with Crippen molar-refractivity contribution in [2.45, 2.75) is 6.92 Å². The van der Waals surface area contributed by atoms with Crippen LogP contribution >= 0.6 is 15.9 Å². The minimum absolute atomic E-state index is 0.263. The molecule has 4 nitrogen and oxygen atoms in total. The van der Waals surface area contributed by atoms with Gasteiger partial charge in [-0.15, -0.1) is 0 Å². The zero-order valence-electron chi connectivity index (χ0n) is 12.5. The average Bonchev–Trinajstić information content (AvgIpc) is 2.78. The molecule has 3 rings (SSSR count). The van der Waals surface area contributed by atoms with Crippen molar-refractivity contribution in [1.29, 1.82) is 0 Å². The first-order chi connectivity index (χ1) is 11.1. The number of carbonyl (C=O) groups is 2. The number of nitrogens with zero attached hydrogens (tertiary/aromatic N) is 1. The fraction of sp³-hybridized carbons (Fsp3) is 0.111. The highest BCUT2D eigenvalue weighted by molar-refractivity contribution is 9.10. The summed E-state index contributed by atoms with van der Waals surface area (Å²) in [6.45, 7) is 2.14. The lowest BCUT2D eigenvalue weighted by Crippen LogP contribution is -2.32. The van der Waals surface area contributed by atoms with Gasteiger partial charge < -0.3 is 5.32 Å². The number of imide groups is 1. The molecule has 0 unspecified atom stereocenters. The van der Waals surface area contributed by atoms with Crippen molar-refractivity contribution in [3.05, 3.63) is 70.3 Å². The number of amides is 2. The van der Waals surface area contributed by atoms with Crippen molar-refractivity contribution >= 4 is 39.0 Å². The summed E-state index contributed by atoms with van der Waals surface area (Å²) in [5.74, 6) is -0.558. The van der Waals surface area contributed by atoms with Crippen LogP contribution in [0, 0.1) is 0 Å². The number of anilines is 1. The van der Waals surface area contributed by atoms with Crippen LogP contribution in [-0.4, -0.2) is 23.3 Å². The minimum atomic E-state index is -0.295. The zero-order chi connectivity index (χ0) is 16.4. The number of hydrogen-bond donors (Lipinski definition) is 1. The van der Waals surface area contributed by atoms with Crippen LogP contribution in [-0.2, 0) is 9.59 Å². The molecule has 0 saturated heterocycles. The van der Waals surface area contributed by atoms with Crippen LogP contribution in [0.3, 0.4) is 0 Å². The van der Waals surface area contributed by atoms with Gasteiger partial charge in [-0.05, 0) is 30.7 Å². The van der Waals surface area contributed by atoms with Crippen molar-refractivity contribution < 1.29 is 9.59 Å². The van der Waals surface area contributed by atoms with Crippen molar-refractivity contribution in [2.24, 2.45) is 0 Å². The molecule has 2 aromatic carbocycles. The molecule has 0 bridgehead atoms. The van der Waals surface area contributed by atoms with Gasteiger partial charge in [0.2, 0.25) is 0 Å². The molecule has 1 aliphatic heterocycles. The van der Waals surface area contributed by atoms with Crippen LogP contribution in [0.5, 0.6) is 0 Å². The van der Waals surface area contributed by atoms with E-state index in [9.17, 15) is 9.59 Å². The lowest BCUT2D eigenvalue weighted by molar-refractivity contribution is -0.136. The van der Waals surface area contributed by atoms with E-state index < -0.39 is 0 Å². The van der Waals surface area contributed by atoms with E-state index in [1.165, 1.54) is 4.90 Å². The summed E-state index contributed by atoms with van der Waals surface area (Å²) in [5, 5.41) is 3.11. The standard InChI is InChI=1S/C18H15BrN2O2/c1-2-21-17(22)15(12-7-4-3-5-8-12)16(18(21)23)20-14-10-6-9-13(19)11-14/h3-11,20H,2H2,1H3. The first-order valence-corrected chi connectivity index (χ1v) is 8.09. The average molecular weight is 371 g/mol. The molecule has 0 saturated carbocycles. The Bertz CT molecular complexity index is 800. The molecule has 1 heterocycles. The fourth-order valence-corrected chi connectivity index (χ4v) is 2.96. The Morgan fingerprint density at radius 3 is 2.39 bits per heavy atom. The van der Waals surface area contributed by atoms with Gasteiger partial charge in [-0.3, -0.25) is 14.5 Å². The van der Waals surface area contributed by atoms with Crippen LogP contribution in [0.15, 0.2) is 64.8 Å². The number of nitrogens with one attached hydrogen (secondary N) is 1. The number of halogens is 1. The SMILES string of the molecule is CCN1C(=O)C(Nc2cccc(Br)c2)=C(c2ccccc2)C1=O. The zero-order valence-corrected chi connectivity index (χ0v) is 14.1. The fourth-order valence-electron chi connectivity index (χ4n) is 2.56. The number of benzene rings is 2. The minimum Gasteiger partial charge on any atom is -0.350 e. The van der Waals surface area contributed by atoms with Gasteiger partial charge in [-0.2, -0.15) is 0 Å². The molecule has 1 aliphatic rings. The van der Waals surface area contributed by atoms with Crippen LogP contribution in [0.2, 0.25) is 0 Å². The normalized spacial score (nSPS) is 14.6. The van der Waals surface area contributed by atoms with Crippen LogP contribution in [0.4, 0.5) is 5.69 Å². The summed E-state index contributed by atoms with van der Waals surface area (Å²) in [4.78, 5) is 26.5. The van der Waals surface area contributed by atoms with Crippen molar-refractivity contribution in [2.75, 3.05) is 11.9 Å². The van der Waals surface area contributed by atoms with Crippen LogP contribution in [0.25, 0.3) is 5.57 Å². The largest absolute Gasteiger partial charge is 0.350 e. The van der Waals surface area contributed by atoms with E-state index in [2.05, 4.69) is 21.2 Å². The second-order valence-corrected chi connectivity index (χ2v) is 6.02. The maximum atomic E-state index is 12.6. The Hall–Kier alpha value is -2.40. The molecule has 116 valence electrons. The molecular formula is C18H15BrN2O2. The molecule has 0 aromatic heterocycles. The van der Waals surface area contributed by atoms with Gasteiger partial charge in [0.05, 0.1) is 5.57 Å². The second kappa shape index (κ2) is 6.38. The lowest BCUT2D eigenvalue weighted by Gasteiger charge is -2.12. The summed E-state index contributed by atoms with van der Waals surface area (Å²) < 4.78 is 0.897. The van der Waals surface area contributed by atoms with E-state index >= 15 is 0 Å². The van der Waals surface area contributed by atoms with E-state index in [0.29, 0.717) is 17.8 Å². The maximum absolute atomic E-state index is 12.6. The Labute approximate surface area is 142 Å². The Kier molecular flexibility index (Phi) is 4.30. The monoisotopic (exact) mass is 370 g/mol. The molecule has 0 atom stereocenters. The van der Waals surface area contributed by atoms with Gasteiger partial charge in [0.1, 0.15) is 5.70 Å². The summed E-state index contributed by atoms with van der Waals surface area (Å²) in [7, 11) is 0. The van der Waals surface area contributed by atoms with Crippen LogP contribution < -0.4 is 5.32 Å². The van der Waals surface area contributed by atoms with Gasteiger partial charge >= 0.3 is 0 Å². The van der Waals surface area contributed by atoms with E-state index in [1.807, 2.05) is 54.6 Å². The molecule has 0 radical (unpaired) electrons. The summed E-state index contributed by atoms with van der Waals surface area (Å²) in [6.07, 6.45) is 0. The molecule has 5 heteroatoms. The van der Waals surface area contributed by atoms with Gasteiger partial charge in [-0.1, -0.05) is 52.3 Å². The number of hydrogen-bond acceptors (Lipinski definition) is 3. The highest BCUT2D eigenvalue weighted by Crippen LogP contribution is 2.30. The lowest BCUT2D eigenvalue weighted by atomic mass is 10.0. The van der Waals surface area contributed by atoms with E-state index in [0.717, 1.165) is 15.7 Å². The molecule has 0 spiro atoms. The molecular weight excluding hydrogens is 356 g/mol. The van der Waals surface area contributed by atoms with E-state index in [4.69, 9.17) is 0 Å². The maximum Gasteiger partial charge on any atom is 0.278 e. The Balaban J connectivity index is 2.08. The predicted molar refractivity (Wildman–Crippen MR) is 93.5 cm³/mol. The Morgan fingerprint density at radius 2 is 1.74 bits per heavy atom. The van der Waals surface area contributed by atoms with Crippen molar-refractivity contribution in [3.8, 4) is 0 Å². The highest BCUT2D eigenvalue weighted by Gasteiger charge is 2.38. The Morgan fingerprint density at radius 1 is 1.00 bits per heavy atom. The molecule has 23 heavy (non-hydrogen) atoms. The third kappa shape index (κ3) is 2.92. The molecule has 0 aliphatic carbocycles. The molecule has 0 fully saturated rings. The third-order valence-electron chi connectivity index (χ3n) is 3.64. The van der Waals surface area contributed by atoms with Gasteiger partial charge in [0.25, 0.3) is 11.8 Å². The summed E-state index contributed by atoms with van der Waals surface area (Å²) in [6, 6.07) is 16.7. The number of likely N-dealkylation sites (N-methyl/N-ethyl adjacent to an activating group) is 1. The van der Waals surface area contributed by atoms with Gasteiger partial charge in [0.15, 0.2) is 0 Å². The second-order valence-electron chi connectivity index (χ2n) is 5.11. The molecule has 2 aromatic rings. The quantitative estimate of drug-likeness (QED) is 0.835.